The van der Waals surface area contributed by atoms with Gasteiger partial charge < -0.3 is 16.0 Å². The van der Waals surface area contributed by atoms with Gasteiger partial charge in [-0.1, -0.05) is 12.1 Å². The van der Waals surface area contributed by atoms with Crippen LogP contribution in [0, 0.1) is 0 Å². The summed E-state index contributed by atoms with van der Waals surface area (Å²) in [5.74, 6) is -0.242. The molecule has 1 aliphatic heterocycles. The van der Waals surface area contributed by atoms with E-state index in [0.717, 1.165) is 5.56 Å². The highest BCUT2D eigenvalue weighted by atomic mass is 35.5. The molecule has 1 saturated heterocycles. The molecule has 1 aromatic rings. The summed E-state index contributed by atoms with van der Waals surface area (Å²) in [7, 11) is 1.74. The Morgan fingerprint density at radius 1 is 1.42 bits per heavy atom. The van der Waals surface area contributed by atoms with Crippen LogP contribution in [0.2, 0.25) is 0 Å². The van der Waals surface area contributed by atoms with Crippen molar-refractivity contribution in [3.8, 4) is 0 Å². The Balaban J connectivity index is 0.00000180. The third-order valence-corrected chi connectivity index (χ3v) is 3.18. The van der Waals surface area contributed by atoms with Crippen molar-refractivity contribution in [1.29, 1.82) is 0 Å². The second-order valence-electron chi connectivity index (χ2n) is 4.48. The number of nitrogens with one attached hydrogen (secondary N) is 1. The van der Waals surface area contributed by atoms with Gasteiger partial charge in [-0.3, -0.25) is 9.59 Å². The van der Waals surface area contributed by atoms with Gasteiger partial charge in [0.25, 0.3) is 5.91 Å². The molecule has 1 fully saturated rings. The largest absolute Gasteiger partial charge is 0.344 e. The van der Waals surface area contributed by atoms with Crippen LogP contribution in [0.25, 0.3) is 0 Å². The number of carbonyl (C=O) groups is 2. The monoisotopic (exact) mass is 283 g/mol. The number of nitrogens with two attached hydrogens (primary N) is 1. The average Bonchev–Trinajstić information content (AvgIpc) is 2.71. The van der Waals surface area contributed by atoms with Crippen molar-refractivity contribution in [2.45, 2.75) is 19.0 Å². The number of likely N-dealkylation sites (N-methyl/N-ethyl adjacent to an activating group) is 1. The van der Waals surface area contributed by atoms with Gasteiger partial charge in [0.2, 0.25) is 5.91 Å². The SMILES string of the molecule is CN1CCC(NC(=O)c2ccc(CN)cc2)C1=O.Cl. The molecule has 1 aliphatic rings. The van der Waals surface area contributed by atoms with Crippen LogP contribution in [0.3, 0.4) is 0 Å². The number of halogens is 1. The van der Waals surface area contributed by atoms with Gasteiger partial charge in [-0.2, -0.15) is 0 Å². The zero-order valence-electron chi connectivity index (χ0n) is 10.8. The molecule has 104 valence electrons. The van der Waals surface area contributed by atoms with E-state index in [1.807, 2.05) is 12.1 Å². The molecule has 1 atom stereocenters. The number of nitrogens with zero attached hydrogens (tertiary/aromatic N) is 1. The van der Waals surface area contributed by atoms with E-state index in [-0.39, 0.29) is 24.2 Å². The maximum atomic E-state index is 11.9. The fourth-order valence-electron chi connectivity index (χ4n) is 1.99. The molecule has 0 radical (unpaired) electrons. The standard InChI is InChI=1S/C13H17N3O2.ClH/c1-16-7-6-11(13(16)18)15-12(17)10-4-2-9(8-14)3-5-10;/h2-5,11H,6-8,14H2,1H3,(H,15,17);1H. The maximum absolute atomic E-state index is 11.9. The number of hydrogen-bond donors (Lipinski definition) is 2. The molecule has 1 aromatic carbocycles. The molecule has 0 spiro atoms. The normalized spacial score (nSPS) is 18.1. The molecule has 0 bridgehead atoms. The van der Waals surface area contributed by atoms with Crippen molar-refractivity contribution < 1.29 is 9.59 Å². The maximum Gasteiger partial charge on any atom is 0.251 e. The fraction of sp³-hybridized carbons (Fsp3) is 0.385. The summed E-state index contributed by atoms with van der Waals surface area (Å²) in [6.45, 7) is 1.14. The number of amides is 2. The molecular weight excluding hydrogens is 266 g/mol. The van der Waals surface area contributed by atoms with Crippen molar-refractivity contribution in [1.82, 2.24) is 10.2 Å². The molecule has 2 rings (SSSR count). The number of rotatable bonds is 3. The van der Waals surface area contributed by atoms with Gasteiger partial charge in [-0.25, -0.2) is 0 Å². The number of carbonyl (C=O) groups excluding carboxylic acids is 2. The van der Waals surface area contributed by atoms with E-state index < -0.39 is 6.04 Å². The fourth-order valence-corrected chi connectivity index (χ4v) is 1.99. The Kier molecular flexibility index (Phi) is 5.32. The number of hydrogen-bond acceptors (Lipinski definition) is 3. The molecule has 6 heteroatoms. The Morgan fingerprint density at radius 2 is 2.05 bits per heavy atom. The first-order valence-corrected chi connectivity index (χ1v) is 5.96. The first-order valence-electron chi connectivity index (χ1n) is 5.96. The van der Waals surface area contributed by atoms with Gasteiger partial charge in [0.1, 0.15) is 6.04 Å². The van der Waals surface area contributed by atoms with Gasteiger partial charge in [-0.15, -0.1) is 12.4 Å². The predicted molar refractivity (Wildman–Crippen MR) is 75.1 cm³/mol. The Hall–Kier alpha value is -1.59. The third-order valence-electron chi connectivity index (χ3n) is 3.18. The van der Waals surface area contributed by atoms with E-state index in [9.17, 15) is 9.59 Å². The van der Waals surface area contributed by atoms with E-state index in [1.54, 1.807) is 24.1 Å². The lowest BCUT2D eigenvalue weighted by Crippen LogP contribution is -2.40. The van der Waals surface area contributed by atoms with Gasteiger partial charge >= 0.3 is 0 Å². The molecule has 0 saturated carbocycles. The predicted octanol–water partition coefficient (Wildman–Crippen LogP) is 0.528. The number of likely N-dealkylation sites (tertiary alicyclic amines) is 1. The summed E-state index contributed by atoms with van der Waals surface area (Å²) in [6.07, 6.45) is 0.669. The summed E-state index contributed by atoms with van der Waals surface area (Å²) >= 11 is 0. The topological polar surface area (TPSA) is 75.4 Å². The Labute approximate surface area is 118 Å². The molecule has 5 nitrogen and oxygen atoms in total. The molecule has 3 N–H and O–H groups in total. The zero-order chi connectivity index (χ0) is 13.1. The van der Waals surface area contributed by atoms with Crippen LogP contribution in [0.1, 0.15) is 22.3 Å². The summed E-state index contributed by atoms with van der Waals surface area (Å²) < 4.78 is 0. The highest BCUT2D eigenvalue weighted by molar-refractivity contribution is 5.98. The van der Waals surface area contributed by atoms with Crippen LogP contribution < -0.4 is 11.1 Å². The lowest BCUT2D eigenvalue weighted by molar-refractivity contribution is -0.128. The van der Waals surface area contributed by atoms with Crippen LogP contribution in [-0.2, 0) is 11.3 Å². The molecule has 0 aromatic heterocycles. The van der Waals surface area contributed by atoms with Crippen molar-refractivity contribution in [3.05, 3.63) is 35.4 Å². The third kappa shape index (κ3) is 3.45. The summed E-state index contributed by atoms with van der Waals surface area (Å²) in [5, 5.41) is 2.75. The van der Waals surface area contributed by atoms with Gasteiger partial charge in [-0.05, 0) is 24.1 Å². The highest BCUT2D eigenvalue weighted by Gasteiger charge is 2.30. The average molecular weight is 284 g/mol. The molecule has 1 unspecified atom stereocenters. The minimum absolute atomic E-state index is 0. The first kappa shape index (κ1) is 15.5. The van der Waals surface area contributed by atoms with Crippen LogP contribution in [0.5, 0.6) is 0 Å². The van der Waals surface area contributed by atoms with E-state index in [2.05, 4.69) is 5.32 Å². The van der Waals surface area contributed by atoms with Crippen molar-refractivity contribution in [2.75, 3.05) is 13.6 Å². The minimum Gasteiger partial charge on any atom is -0.344 e. The van der Waals surface area contributed by atoms with Gasteiger partial charge in [0.05, 0.1) is 0 Å². The Bertz CT molecular complexity index is 461. The van der Waals surface area contributed by atoms with Crippen LogP contribution >= 0.6 is 12.4 Å². The smallest absolute Gasteiger partial charge is 0.251 e. The second-order valence-corrected chi connectivity index (χ2v) is 4.48. The molecule has 2 amide bonds. The molecule has 19 heavy (non-hydrogen) atoms. The van der Waals surface area contributed by atoms with E-state index in [4.69, 9.17) is 5.73 Å². The number of benzene rings is 1. The summed E-state index contributed by atoms with van der Waals surface area (Å²) in [6, 6.07) is 6.69. The van der Waals surface area contributed by atoms with Crippen molar-refractivity contribution in [3.63, 3.8) is 0 Å². The lowest BCUT2D eigenvalue weighted by atomic mass is 10.1. The van der Waals surface area contributed by atoms with Crippen molar-refractivity contribution in [2.24, 2.45) is 5.73 Å². The molecule has 0 aliphatic carbocycles. The van der Waals surface area contributed by atoms with E-state index in [0.29, 0.717) is 25.1 Å². The highest BCUT2D eigenvalue weighted by Crippen LogP contribution is 2.10. The summed E-state index contributed by atoms with van der Waals surface area (Å²) in [4.78, 5) is 25.2. The first-order chi connectivity index (χ1) is 8.61. The van der Waals surface area contributed by atoms with E-state index >= 15 is 0 Å². The summed E-state index contributed by atoms with van der Waals surface area (Å²) in [5.41, 5.74) is 7.02. The second kappa shape index (κ2) is 6.54. The Morgan fingerprint density at radius 3 is 2.53 bits per heavy atom. The van der Waals surface area contributed by atoms with Gasteiger partial charge in [0.15, 0.2) is 0 Å². The minimum atomic E-state index is -0.392. The molecule has 1 heterocycles. The lowest BCUT2D eigenvalue weighted by Gasteiger charge is -2.12. The quantitative estimate of drug-likeness (QED) is 0.850. The van der Waals surface area contributed by atoms with Crippen LogP contribution in [0.4, 0.5) is 0 Å². The van der Waals surface area contributed by atoms with Crippen molar-refractivity contribution >= 4 is 24.2 Å². The molecular formula is C13H18ClN3O2. The van der Waals surface area contributed by atoms with Gasteiger partial charge in [0, 0.05) is 25.7 Å². The van der Waals surface area contributed by atoms with Crippen LogP contribution in [-0.4, -0.2) is 36.3 Å². The zero-order valence-corrected chi connectivity index (χ0v) is 11.6. The van der Waals surface area contributed by atoms with Crippen LogP contribution in [0.15, 0.2) is 24.3 Å². The van der Waals surface area contributed by atoms with E-state index in [1.165, 1.54) is 0 Å².